The zero-order chi connectivity index (χ0) is 17.8. The Morgan fingerprint density at radius 3 is 2.46 bits per heavy atom. The van der Waals surface area contributed by atoms with Crippen LogP contribution in [0, 0.1) is 0 Å². The van der Waals surface area contributed by atoms with Crippen LogP contribution in [0.15, 0.2) is 79.0 Å². The summed E-state index contributed by atoms with van der Waals surface area (Å²) in [5, 5.41) is 7.03. The molecule has 2 heterocycles. The third kappa shape index (κ3) is 3.34. The van der Waals surface area contributed by atoms with E-state index < -0.39 is 0 Å². The fourth-order valence-electron chi connectivity index (χ4n) is 2.56. The molecule has 126 valence electrons. The van der Waals surface area contributed by atoms with Gasteiger partial charge in [0.15, 0.2) is 0 Å². The molecule has 0 unspecified atom stereocenters. The van der Waals surface area contributed by atoms with E-state index >= 15 is 0 Å². The Balaban J connectivity index is 1.58. The minimum absolute atomic E-state index is 0.212. The molecule has 0 aliphatic heterocycles. The first-order valence-corrected chi connectivity index (χ1v) is 8.11. The third-order valence-electron chi connectivity index (χ3n) is 3.77. The summed E-state index contributed by atoms with van der Waals surface area (Å²) < 4.78 is 1.62. The van der Waals surface area contributed by atoms with E-state index in [9.17, 15) is 4.79 Å². The van der Waals surface area contributed by atoms with Gasteiger partial charge in [0.2, 0.25) is 0 Å². The lowest BCUT2D eigenvalue weighted by molar-refractivity contribution is -0.111. The summed E-state index contributed by atoms with van der Waals surface area (Å²) in [6, 6.07) is 21.3. The van der Waals surface area contributed by atoms with Crippen LogP contribution in [0.2, 0.25) is 0 Å². The molecule has 2 aromatic heterocycles. The van der Waals surface area contributed by atoms with Crippen molar-refractivity contribution >= 4 is 23.7 Å². The first kappa shape index (κ1) is 15.7. The minimum Gasteiger partial charge on any atom is -0.290 e. The highest BCUT2D eigenvalue weighted by Crippen LogP contribution is 2.19. The van der Waals surface area contributed by atoms with Crippen LogP contribution in [0.5, 0.6) is 0 Å². The van der Waals surface area contributed by atoms with Crippen molar-refractivity contribution in [3.8, 4) is 11.3 Å². The summed E-state index contributed by atoms with van der Waals surface area (Å²) >= 11 is 0. The molecule has 0 saturated carbocycles. The summed E-state index contributed by atoms with van der Waals surface area (Å²) in [5.74, 6) is 0.336. The van der Waals surface area contributed by atoms with Gasteiger partial charge in [-0.05, 0) is 17.7 Å². The average molecular weight is 341 g/mol. The van der Waals surface area contributed by atoms with Gasteiger partial charge < -0.3 is 0 Å². The molecule has 0 saturated heterocycles. The molecule has 6 nitrogen and oxygen atoms in total. The fraction of sp³-hybridized carbons (Fsp3) is 0. The Morgan fingerprint density at radius 1 is 0.962 bits per heavy atom. The maximum atomic E-state index is 12.1. The van der Waals surface area contributed by atoms with Crippen LogP contribution in [-0.2, 0) is 4.79 Å². The van der Waals surface area contributed by atoms with Crippen LogP contribution in [-0.4, -0.2) is 25.5 Å². The van der Waals surface area contributed by atoms with Crippen molar-refractivity contribution in [3.05, 3.63) is 84.6 Å². The molecule has 0 fully saturated rings. The smallest absolute Gasteiger partial charge is 0.254 e. The number of carbonyl (C=O) groups is 1. The molecule has 1 amide bonds. The zero-order valence-electron chi connectivity index (χ0n) is 13.8. The molecule has 0 aliphatic carbocycles. The van der Waals surface area contributed by atoms with Gasteiger partial charge in [-0.25, -0.2) is 4.98 Å². The van der Waals surface area contributed by atoms with Crippen LogP contribution in [0.25, 0.3) is 23.1 Å². The summed E-state index contributed by atoms with van der Waals surface area (Å²) in [7, 11) is 0. The number of hydrogen-bond acceptors (Lipinski definition) is 4. The summed E-state index contributed by atoms with van der Waals surface area (Å²) in [6.45, 7) is 0. The number of amides is 1. The lowest BCUT2D eigenvalue weighted by Crippen LogP contribution is -2.09. The second kappa shape index (κ2) is 6.98. The van der Waals surface area contributed by atoms with Crippen molar-refractivity contribution in [2.45, 2.75) is 0 Å². The van der Waals surface area contributed by atoms with Crippen molar-refractivity contribution in [2.24, 2.45) is 0 Å². The van der Waals surface area contributed by atoms with E-state index in [1.165, 1.54) is 6.08 Å². The molecular weight excluding hydrogens is 326 g/mol. The van der Waals surface area contributed by atoms with Crippen molar-refractivity contribution in [2.75, 3.05) is 5.32 Å². The third-order valence-corrected chi connectivity index (χ3v) is 3.77. The average Bonchev–Trinajstić information content (AvgIpc) is 3.10. The van der Waals surface area contributed by atoms with Gasteiger partial charge in [0.1, 0.15) is 0 Å². The minimum atomic E-state index is -0.300. The lowest BCUT2D eigenvalue weighted by Gasteiger charge is -2.02. The second-order valence-corrected chi connectivity index (χ2v) is 5.58. The van der Waals surface area contributed by atoms with Gasteiger partial charge in [-0.15, -0.1) is 5.10 Å². The number of benzene rings is 2. The van der Waals surface area contributed by atoms with Crippen molar-refractivity contribution in [1.29, 1.82) is 0 Å². The van der Waals surface area contributed by atoms with Crippen molar-refractivity contribution in [1.82, 2.24) is 19.6 Å². The molecule has 0 spiro atoms. The summed E-state index contributed by atoms with van der Waals surface area (Å²) in [5.41, 5.74) is 2.79. The molecule has 1 N–H and O–H groups in total. The first-order chi connectivity index (χ1) is 12.8. The predicted molar refractivity (Wildman–Crippen MR) is 100 cm³/mol. The second-order valence-electron chi connectivity index (χ2n) is 5.58. The molecule has 0 bridgehead atoms. The SMILES string of the molecule is O=C(C=Cc1ccccc1)Nc1nc2nccc(-c3ccccc3)n2n1. The van der Waals surface area contributed by atoms with Gasteiger partial charge in [-0.1, -0.05) is 60.7 Å². The van der Waals surface area contributed by atoms with Gasteiger partial charge in [-0.3, -0.25) is 10.1 Å². The van der Waals surface area contributed by atoms with Crippen LogP contribution in [0.4, 0.5) is 5.95 Å². The largest absolute Gasteiger partial charge is 0.290 e. The Morgan fingerprint density at radius 2 is 1.69 bits per heavy atom. The van der Waals surface area contributed by atoms with Crippen LogP contribution >= 0.6 is 0 Å². The van der Waals surface area contributed by atoms with Crippen LogP contribution < -0.4 is 5.32 Å². The van der Waals surface area contributed by atoms with Gasteiger partial charge in [0, 0.05) is 17.8 Å². The highest BCUT2D eigenvalue weighted by atomic mass is 16.1. The van der Waals surface area contributed by atoms with Gasteiger partial charge in [0.25, 0.3) is 17.6 Å². The monoisotopic (exact) mass is 341 g/mol. The van der Waals surface area contributed by atoms with Gasteiger partial charge in [-0.2, -0.15) is 9.50 Å². The predicted octanol–water partition coefficient (Wildman–Crippen LogP) is 3.44. The quantitative estimate of drug-likeness (QED) is 0.577. The summed E-state index contributed by atoms with van der Waals surface area (Å²) in [6.07, 6.45) is 4.86. The number of fused-ring (bicyclic) bond motifs is 1. The van der Waals surface area contributed by atoms with E-state index in [1.807, 2.05) is 66.7 Å². The Kier molecular flexibility index (Phi) is 4.22. The molecular formula is C20H15N5O. The number of aromatic nitrogens is 4. The first-order valence-electron chi connectivity index (χ1n) is 8.11. The molecule has 26 heavy (non-hydrogen) atoms. The van der Waals surface area contributed by atoms with E-state index in [-0.39, 0.29) is 11.9 Å². The topological polar surface area (TPSA) is 72.2 Å². The number of hydrogen-bond donors (Lipinski definition) is 1. The van der Waals surface area contributed by atoms with Crippen molar-refractivity contribution < 1.29 is 4.79 Å². The Bertz CT molecular complexity index is 1070. The van der Waals surface area contributed by atoms with Gasteiger partial charge >= 0.3 is 0 Å². The van der Waals surface area contributed by atoms with E-state index in [1.54, 1.807) is 16.8 Å². The standard InChI is InChI=1S/C20H15N5O/c26-18(12-11-15-7-3-1-4-8-15)22-19-23-20-21-14-13-17(25(20)24-19)16-9-5-2-6-10-16/h1-14H,(H,22,24,26). The van der Waals surface area contributed by atoms with E-state index in [0.717, 1.165) is 16.8 Å². The molecule has 0 atom stereocenters. The Labute approximate surface area is 149 Å². The number of rotatable bonds is 4. The fourth-order valence-corrected chi connectivity index (χ4v) is 2.56. The highest BCUT2D eigenvalue weighted by Gasteiger charge is 2.10. The molecule has 0 aliphatic rings. The molecule has 4 rings (SSSR count). The van der Waals surface area contributed by atoms with E-state index in [4.69, 9.17) is 0 Å². The highest BCUT2D eigenvalue weighted by molar-refractivity contribution is 6.01. The maximum Gasteiger partial charge on any atom is 0.254 e. The Hall–Kier alpha value is -3.80. The number of carbonyl (C=O) groups excluding carboxylic acids is 1. The maximum absolute atomic E-state index is 12.1. The van der Waals surface area contributed by atoms with Gasteiger partial charge in [0.05, 0.1) is 5.69 Å². The van der Waals surface area contributed by atoms with E-state index in [0.29, 0.717) is 5.78 Å². The number of anilines is 1. The lowest BCUT2D eigenvalue weighted by atomic mass is 10.1. The van der Waals surface area contributed by atoms with Crippen LogP contribution in [0.3, 0.4) is 0 Å². The zero-order valence-corrected chi connectivity index (χ0v) is 13.8. The molecule has 2 aromatic carbocycles. The van der Waals surface area contributed by atoms with Crippen LogP contribution in [0.1, 0.15) is 5.56 Å². The normalized spacial score (nSPS) is 11.1. The van der Waals surface area contributed by atoms with E-state index in [2.05, 4.69) is 20.4 Å². The molecule has 0 radical (unpaired) electrons. The number of nitrogens with one attached hydrogen (secondary N) is 1. The molecule has 6 heteroatoms. The number of nitrogens with zero attached hydrogens (tertiary/aromatic N) is 4. The summed E-state index contributed by atoms with van der Waals surface area (Å²) in [4.78, 5) is 20.6. The van der Waals surface area contributed by atoms with Crippen molar-refractivity contribution in [3.63, 3.8) is 0 Å². The molecule has 4 aromatic rings.